The number of fused-ring (bicyclic) bond motifs is 1. The highest BCUT2D eigenvalue weighted by atomic mass is 35.5. The summed E-state index contributed by atoms with van der Waals surface area (Å²) in [7, 11) is 0. The third kappa shape index (κ3) is 4.53. The molecule has 0 aliphatic rings. The Bertz CT molecular complexity index is 904. The minimum Gasteiger partial charge on any atom is -0.490 e. The van der Waals surface area contributed by atoms with Gasteiger partial charge in [0.1, 0.15) is 24.6 Å². The molecule has 0 saturated heterocycles. The number of nitrogens with zero attached hydrogens (tertiary/aromatic N) is 2. The predicted molar refractivity (Wildman–Crippen MR) is 97.1 cm³/mol. The average molecular weight is 377 g/mol. The van der Waals surface area contributed by atoms with E-state index >= 15 is 0 Å². The molecule has 0 aliphatic carbocycles. The third-order valence-electron chi connectivity index (χ3n) is 3.31. The maximum Gasteiger partial charge on any atom is 0.330 e. The number of hydrogen-bond acceptors (Lipinski definition) is 4. The first-order chi connectivity index (χ1) is 12.1. The van der Waals surface area contributed by atoms with Gasteiger partial charge in [0.15, 0.2) is 5.15 Å². The van der Waals surface area contributed by atoms with Crippen LogP contribution in [0, 0.1) is 0 Å². The smallest absolute Gasteiger partial charge is 0.330 e. The van der Waals surface area contributed by atoms with Crippen molar-refractivity contribution in [3.8, 4) is 5.75 Å². The SMILES string of the molecule is O=C(/C=C/c1c(Cl)nc2ccccn12)OCCOc1ccc(Cl)cc1. The molecule has 0 saturated carbocycles. The topological polar surface area (TPSA) is 52.8 Å². The zero-order valence-electron chi connectivity index (χ0n) is 13.1. The van der Waals surface area contributed by atoms with Crippen LogP contribution in [-0.2, 0) is 9.53 Å². The maximum absolute atomic E-state index is 11.8. The van der Waals surface area contributed by atoms with E-state index in [9.17, 15) is 4.79 Å². The molecule has 0 aliphatic heterocycles. The van der Waals surface area contributed by atoms with Crippen molar-refractivity contribution in [3.05, 3.63) is 70.6 Å². The van der Waals surface area contributed by atoms with Gasteiger partial charge in [-0.2, -0.15) is 0 Å². The van der Waals surface area contributed by atoms with Gasteiger partial charge in [0.25, 0.3) is 0 Å². The Balaban J connectivity index is 1.51. The molecule has 7 heteroatoms. The molecule has 2 heterocycles. The Morgan fingerprint density at radius 2 is 1.92 bits per heavy atom. The van der Waals surface area contributed by atoms with Crippen molar-refractivity contribution in [2.45, 2.75) is 0 Å². The van der Waals surface area contributed by atoms with Crippen LogP contribution >= 0.6 is 23.2 Å². The highest BCUT2D eigenvalue weighted by Crippen LogP contribution is 2.19. The molecule has 0 bridgehead atoms. The minimum absolute atomic E-state index is 0.132. The fraction of sp³-hybridized carbons (Fsp3) is 0.111. The number of carbonyl (C=O) groups excluding carboxylic acids is 1. The molecule has 0 fully saturated rings. The largest absolute Gasteiger partial charge is 0.490 e. The third-order valence-corrected chi connectivity index (χ3v) is 3.84. The summed E-state index contributed by atoms with van der Waals surface area (Å²) in [5, 5.41) is 0.955. The number of hydrogen-bond donors (Lipinski definition) is 0. The summed E-state index contributed by atoms with van der Waals surface area (Å²) in [6, 6.07) is 12.5. The molecule has 1 aromatic carbocycles. The van der Waals surface area contributed by atoms with Gasteiger partial charge in [-0.25, -0.2) is 9.78 Å². The van der Waals surface area contributed by atoms with Crippen LogP contribution in [0.5, 0.6) is 5.75 Å². The van der Waals surface area contributed by atoms with Gasteiger partial charge in [-0.1, -0.05) is 29.3 Å². The molecule has 128 valence electrons. The Morgan fingerprint density at radius 3 is 2.72 bits per heavy atom. The van der Waals surface area contributed by atoms with E-state index in [1.165, 1.54) is 6.08 Å². The van der Waals surface area contributed by atoms with Crippen LogP contribution in [0.4, 0.5) is 0 Å². The van der Waals surface area contributed by atoms with Crippen LogP contribution in [0.15, 0.2) is 54.7 Å². The van der Waals surface area contributed by atoms with Crippen LogP contribution < -0.4 is 4.74 Å². The molecule has 0 N–H and O–H groups in total. The van der Waals surface area contributed by atoms with Gasteiger partial charge in [-0.15, -0.1) is 0 Å². The van der Waals surface area contributed by atoms with Crippen molar-refractivity contribution in [1.29, 1.82) is 0 Å². The average Bonchev–Trinajstić information content (AvgIpc) is 2.93. The van der Waals surface area contributed by atoms with Gasteiger partial charge in [0.2, 0.25) is 0 Å². The van der Waals surface area contributed by atoms with Gasteiger partial charge in [-0.3, -0.25) is 4.40 Å². The summed E-state index contributed by atoms with van der Waals surface area (Å²) >= 11 is 11.9. The zero-order chi connectivity index (χ0) is 17.6. The van der Waals surface area contributed by atoms with Crippen LogP contribution in [0.25, 0.3) is 11.7 Å². The normalized spacial score (nSPS) is 11.1. The van der Waals surface area contributed by atoms with Crippen molar-refractivity contribution < 1.29 is 14.3 Å². The Labute approximate surface area is 154 Å². The molecule has 0 spiro atoms. The van der Waals surface area contributed by atoms with E-state index in [0.29, 0.717) is 27.3 Å². The lowest BCUT2D eigenvalue weighted by molar-refractivity contribution is -0.138. The minimum atomic E-state index is -0.485. The maximum atomic E-state index is 11.8. The number of halogens is 2. The lowest BCUT2D eigenvalue weighted by Crippen LogP contribution is -2.10. The molecule has 5 nitrogen and oxygen atoms in total. The number of pyridine rings is 1. The van der Waals surface area contributed by atoms with Crippen molar-refractivity contribution in [2.75, 3.05) is 13.2 Å². The second kappa shape index (κ2) is 8.05. The summed E-state index contributed by atoms with van der Waals surface area (Å²) in [4.78, 5) is 16.0. The Kier molecular flexibility index (Phi) is 5.58. The molecule has 2 aromatic heterocycles. The number of rotatable bonds is 6. The van der Waals surface area contributed by atoms with Gasteiger partial charge >= 0.3 is 5.97 Å². The van der Waals surface area contributed by atoms with Gasteiger partial charge in [0, 0.05) is 17.3 Å². The molecule has 0 atom stereocenters. The summed E-state index contributed by atoms with van der Waals surface area (Å²) < 4.78 is 12.3. The molecule has 0 amide bonds. The summed E-state index contributed by atoms with van der Waals surface area (Å²) in [6.45, 7) is 0.379. The van der Waals surface area contributed by atoms with Crippen molar-refractivity contribution in [2.24, 2.45) is 0 Å². The molecular weight excluding hydrogens is 363 g/mol. The number of imidazole rings is 1. The second-order valence-corrected chi connectivity index (χ2v) is 5.81. The summed E-state index contributed by atoms with van der Waals surface area (Å²) in [5.74, 6) is 0.176. The van der Waals surface area contributed by atoms with Crippen LogP contribution in [0.2, 0.25) is 10.2 Å². The molecule has 3 aromatic rings. The molecule has 0 radical (unpaired) electrons. The predicted octanol–water partition coefficient (Wildman–Crippen LogP) is 4.28. The van der Waals surface area contributed by atoms with E-state index < -0.39 is 5.97 Å². The highest BCUT2D eigenvalue weighted by Gasteiger charge is 2.07. The monoisotopic (exact) mass is 376 g/mol. The molecule has 25 heavy (non-hydrogen) atoms. The first-order valence-corrected chi connectivity index (χ1v) is 8.25. The number of benzene rings is 1. The van der Waals surface area contributed by atoms with Gasteiger partial charge in [0.05, 0.1) is 5.69 Å². The first kappa shape index (κ1) is 17.3. The summed E-state index contributed by atoms with van der Waals surface area (Å²) in [6.07, 6.45) is 4.70. The van der Waals surface area contributed by atoms with E-state index in [1.807, 2.05) is 24.4 Å². The Morgan fingerprint density at radius 1 is 1.12 bits per heavy atom. The van der Waals surface area contributed by atoms with Crippen molar-refractivity contribution >= 4 is 40.9 Å². The van der Waals surface area contributed by atoms with Crippen LogP contribution in [-0.4, -0.2) is 28.6 Å². The molecular formula is C18H14Cl2N2O3. The van der Waals surface area contributed by atoms with Gasteiger partial charge in [-0.05, 0) is 42.5 Å². The standard InChI is InChI=1S/C18H14Cl2N2O3/c19-13-4-6-14(7-5-13)24-11-12-25-17(23)9-8-15-18(20)21-16-3-1-2-10-22(15)16/h1-10H,11-12H2/b9-8+. The lowest BCUT2D eigenvalue weighted by atomic mass is 10.3. The van der Waals surface area contributed by atoms with Crippen molar-refractivity contribution in [3.63, 3.8) is 0 Å². The first-order valence-electron chi connectivity index (χ1n) is 7.49. The van der Waals surface area contributed by atoms with Crippen LogP contribution in [0.3, 0.4) is 0 Å². The number of ether oxygens (including phenoxy) is 2. The molecule has 0 unspecified atom stereocenters. The highest BCUT2D eigenvalue weighted by molar-refractivity contribution is 6.31. The van der Waals surface area contributed by atoms with E-state index in [-0.39, 0.29) is 13.2 Å². The van der Waals surface area contributed by atoms with E-state index in [1.54, 1.807) is 34.7 Å². The summed E-state index contributed by atoms with van der Waals surface area (Å²) in [5.41, 5.74) is 1.32. The lowest BCUT2D eigenvalue weighted by Gasteiger charge is -2.06. The fourth-order valence-corrected chi connectivity index (χ4v) is 2.53. The van der Waals surface area contributed by atoms with Crippen molar-refractivity contribution in [1.82, 2.24) is 9.38 Å². The second-order valence-electron chi connectivity index (χ2n) is 5.02. The van der Waals surface area contributed by atoms with E-state index in [2.05, 4.69) is 4.98 Å². The quantitative estimate of drug-likeness (QED) is 0.366. The van der Waals surface area contributed by atoms with Crippen LogP contribution in [0.1, 0.15) is 5.69 Å². The van der Waals surface area contributed by atoms with Gasteiger partial charge < -0.3 is 9.47 Å². The number of aromatic nitrogens is 2. The molecule has 3 rings (SSSR count). The zero-order valence-corrected chi connectivity index (χ0v) is 14.6. The van der Waals surface area contributed by atoms with E-state index in [0.717, 1.165) is 0 Å². The Hall–Kier alpha value is -2.50. The number of carbonyl (C=O) groups is 1. The number of esters is 1. The fourth-order valence-electron chi connectivity index (χ4n) is 2.16. The van der Waals surface area contributed by atoms with E-state index in [4.69, 9.17) is 32.7 Å².